The second kappa shape index (κ2) is 6.79. The Morgan fingerprint density at radius 2 is 1.76 bits per heavy atom. The number of carbonyl (C=O) groups excluding carboxylic acids is 2. The Balaban J connectivity index is 1.54. The van der Waals surface area contributed by atoms with Gasteiger partial charge in [0, 0.05) is 31.7 Å². The van der Waals surface area contributed by atoms with Crippen molar-refractivity contribution in [2.75, 3.05) is 37.7 Å². The van der Waals surface area contributed by atoms with Gasteiger partial charge in [-0.05, 0) is 30.9 Å². The van der Waals surface area contributed by atoms with Crippen molar-refractivity contribution in [3.63, 3.8) is 0 Å². The molecule has 0 aromatic heterocycles. The second-order valence-electron chi connectivity index (χ2n) is 7.49. The Morgan fingerprint density at radius 3 is 2.52 bits per heavy atom. The molecule has 4 rings (SSSR count). The topological polar surface area (TPSA) is 49.9 Å². The number of para-hydroxylation sites is 1. The van der Waals surface area contributed by atoms with Crippen molar-refractivity contribution in [3.05, 3.63) is 29.8 Å². The van der Waals surface area contributed by atoms with Gasteiger partial charge in [-0.3, -0.25) is 9.59 Å². The highest BCUT2D eigenvalue weighted by atomic mass is 16.5. The predicted molar refractivity (Wildman–Crippen MR) is 95.4 cm³/mol. The van der Waals surface area contributed by atoms with E-state index >= 15 is 0 Å². The van der Waals surface area contributed by atoms with Crippen molar-refractivity contribution in [2.45, 2.75) is 38.5 Å². The SMILES string of the molecule is O=C(CC1(C(=O)N2CCc3ccccc32)CCCC1)N1CCOCC1. The van der Waals surface area contributed by atoms with E-state index in [1.54, 1.807) is 0 Å². The highest BCUT2D eigenvalue weighted by Gasteiger charge is 2.47. The quantitative estimate of drug-likeness (QED) is 0.847. The Morgan fingerprint density at radius 1 is 1.04 bits per heavy atom. The Bertz CT molecular complexity index is 661. The largest absolute Gasteiger partial charge is 0.378 e. The standard InChI is InChI=1S/C20H26N2O3/c23-18(21-11-13-25-14-12-21)15-20(8-3-4-9-20)19(24)22-10-7-16-5-1-2-6-17(16)22/h1-2,5-6H,3-4,7-15H2. The van der Waals surface area contributed by atoms with E-state index in [0.717, 1.165) is 44.3 Å². The number of carbonyl (C=O) groups is 2. The third kappa shape index (κ3) is 3.06. The first kappa shape index (κ1) is 16.6. The monoisotopic (exact) mass is 342 g/mol. The van der Waals surface area contributed by atoms with Gasteiger partial charge >= 0.3 is 0 Å². The van der Waals surface area contributed by atoms with Gasteiger partial charge in [-0.15, -0.1) is 0 Å². The fraction of sp³-hybridized carbons (Fsp3) is 0.600. The van der Waals surface area contributed by atoms with E-state index in [2.05, 4.69) is 6.07 Å². The minimum Gasteiger partial charge on any atom is -0.378 e. The molecule has 3 aliphatic rings. The number of fused-ring (bicyclic) bond motifs is 1. The number of nitrogens with zero attached hydrogens (tertiary/aromatic N) is 2. The molecule has 1 aromatic rings. The van der Waals surface area contributed by atoms with Crippen LogP contribution in [0.3, 0.4) is 0 Å². The molecule has 2 amide bonds. The van der Waals surface area contributed by atoms with Gasteiger partial charge < -0.3 is 14.5 Å². The van der Waals surface area contributed by atoms with E-state index in [-0.39, 0.29) is 11.8 Å². The third-order valence-electron chi connectivity index (χ3n) is 6.00. The van der Waals surface area contributed by atoms with Crippen molar-refractivity contribution in [3.8, 4) is 0 Å². The fourth-order valence-electron chi connectivity index (χ4n) is 4.57. The third-order valence-corrected chi connectivity index (χ3v) is 6.00. The number of hydrogen-bond donors (Lipinski definition) is 0. The molecule has 1 saturated heterocycles. The van der Waals surface area contributed by atoms with E-state index in [4.69, 9.17) is 4.74 Å². The average Bonchev–Trinajstić information content (AvgIpc) is 3.29. The van der Waals surface area contributed by atoms with Crippen LogP contribution in [0.25, 0.3) is 0 Å². The van der Waals surface area contributed by atoms with Gasteiger partial charge in [0.05, 0.1) is 18.6 Å². The highest BCUT2D eigenvalue weighted by molar-refractivity contribution is 6.01. The number of benzene rings is 1. The van der Waals surface area contributed by atoms with Gasteiger partial charge in [-0.1, -0.05) is 31.0 Å². The average molecular weight is 342 g/mol. The summed E-state index contributed by atoms with van der Waals surface area (Å²) in [5.74, 6) is 0.280. The number of rotatable bonds is 3. The first-order valence-electron chi connectivity index (χ1n) is 9.45. The zero-order valence-corrected chi connectivity index (χ0v) is 14.7. The van der Waals surface area contributed by atoms with Gasteiger partial charge in [-0.2, -0.15) is 0 Å². The smallest absolute Gasteiger partial charge is 0.233 e. The number of ether oxygens (including phenoxy) is 1. The van der Waals surface area contributed by atoms with Gasteiger partial charge in [0.2, 0.25) is 11.8 Å². The first-order chi connectivity index (χ1) is 12.2. The molecule has 0 radical (unpaired) electrons. The molecule has 2 heterocycles. The number of anilines is 1. The molecule has 0 unspecified atom stereocenters. The Labute approximate surface area is 148 Å². The predicted octanol–water partition coefficient (Wildman–Crippen LogP) is 2.39. The second-order valence-corrected chi connectivity index (χ2v) is 7.49. The van der Waals surface area contributed by atoms with Crippen LogP contribution in [0.5, 0.6) is 0 Å². The lowest BCUT2D eigenvalue weighted by molar-refractivity contribution is -0.142. The number of amides is 2. The summed E-state index contributed by atoms with van der Waals surface area (Å²) in [5, 5.41) is 0. The van der Waals surface area contributed by atoms with E-state index < -0.39 is 5.41 Å². The molecule has 2 fully saturated rings. The molecule has 0 atom stereocenters. The molecule has 25 heavy (non-hydrogen) atoms. The zero-order chi connectivity index (χ0) is 17.3. The summed E-state index contributed by atoms with van der Waals surface area (Å²) in [5.41, 5.74) is 1.77. The molecule has 1 aromatic carbocycles. The lowest BCUT2D eigenvalue weighted by Gasteiger charge is -2.35. The minimum atomic E-state index is -0.507. The maximum absolute atomic E-state index is 13.5. The summed E-state index contributed by atoms with van der Waals surface area (Å²) < 4.78 is 5.34. The number of morpholine rings is 1. The van der Waals surface area contributed by atoms with Crippen molar-refractivity contribution in [2.24, 2.45) is 5.41 Å². The van der Waals surface area contributed by atoms with Crippen molar-refractivity contribution < 1.29 is 14.3 Å². The molecule has 1 saturated carbocycles. The maximum atomic E-state index is 13.5. The lowest BCUT2D eigenvalue weighted by Crippen LogP contribution is -2.47. The van der Waals surface area contributed by atoms with Crippen LogP contribution < -0.4 is 4.90 Å². The van der Waals surface area contributed by atoms with Crippen LogP contribution in [0.4, 0.5) is 5.69 Å². The molecule has 5 nitrogen and oxygen atoms in total. The van der Waals surface area contributed by atoms with E-state index in [1.165, 1.54) is 5.56 Å². The first-order valence-corrected chi connectivity index (χ1v) is 9.45. The maximum Gasteiger partial charge on any atom is 0.233 e. The van der Waals surface area contributed by atoms with Crippen LogP contribution in [0.15, 0.2) is 24.3 Å². The molecule has 134 valence electrons. The molecule has 0 N–H and O–H groups in total. The van der Waals surface area contributed by atoms with Crippen molar-refractivity contribution >= 4 is 17.5 Å². The molecule has 1 aliphatic carbocycles. The van der Waals surface area contributed by atoms with Crippen LogP contribution in [0.2, 0.25) is 0 Å². The lowest BCUT2D eigenvalue weighted by atomic mass is 9.80. The number of hydrogen-bond acceptors (Lipinski definition) is 3. The summed E-state index contributed by atoms with van der Waals surface area (Å²) in [6, 6.07) is 8.15. The molecular formula is C20H26N2O3. The van der Waals surface area contributed by atoms with Gasteiger partial charge in [0.1, 0.15) is 0 Å². The van der Waals surface area contributed by atoms with Crippen LogP contribution in [0, 0.1) is 5.41 Å². The zero-order valence-electron chi connectivity index (χ0n) is 14.7. The van der Waals surface area contributed by atoms with Crippen LogP contribution in [0.1, 0.15) is 37.7 Å². The summed E-state index contributed by atoms with van der Waals surface area (Å²) in [6.07, 6.45) is 5.01. The van der Waals surface area contributed by atoms with Crippen LogP contribution >= 0.6 is 0 Å². The summed E-state index contributed by atoms with van der Waals surface area (Å²) in [7, 11) is 0. The van der Waals surface area contributed by atoms with E-state index in [9.17, 15) is 9.59 Å². The molecule has 2 aliphatic heterocycles. The molecular weight excluding hydrogens is 316 g/mol. The molecule has 5 heteroatoms. The van der Waals surface area contributed by atoms with E-state index in [1.807, 2.05) is 28.0 Å². The summed E-state index contributed by atoms with van der Waals surface area (Å²) in [6.45, 7) is 3.25. The normalized spacial score (nSPS) is 22.1. The van der Waals surface area contributed by atoms with Gasteiger partial charge in [0.15, 0.2) is 0 Å². The van der Waals surface area contributed by atoms with E-state index in [0.29, 0.717) is 32.7 Å². The highest BCUT2D eigenvalue weighted by Crippen LogP contribution is 2.45. The molecule has 0 bridgehead atoms. The molecule has 0 spiro atoms. The summed E-state index contributed by atoms with van der Waals surface area (Å²) in [4.78, 5) is 30.1. The summed E-state index contributed by atoms with van der Waals surface area (Å²) >= 11 is 0. The van der Waals surface area contributed by atoms with Gasteiger partial charge in [-0.25, -0.2) is 0 Å². The van der Waals surface area contributed by atoms with Crippen LogP contribution in [-0.2, 0) is 20.7 Å². The van der Waals surface area contributed by atoms with Gasteiger partial charge in [0.25, 0.3) is 0 Å². The minimum absolute atomic E-state index is 0.117. The Kier molecular flexibility index (Phi) is 4.50. The van der Waals surface area contributed by atoms with Crippen molar-refractivity contribution in [1.82, 2.24) is 4.90 Å². The Hall–Kier alpha value is -1.88. The van der Waals surface area contributed by atoms with Crippen LogP contribution in [-0.4, -0.2) is 49.6 Å². The fourth-order valence-corrected chi connectivity index (χ4v) is 4.57. The van der Waals surface area contributed by atoms with Crippen molar-refractivity contribution in [1.29, 1.82) is 0 Å².